The lowest BCUT2D eigenvalue weighted by atomic mass is 10.0. The van der Waals surface area contributed by atoms with Gasteiger partial charge in [0.2, 0.25) is 0 Å². The maximum atomic E-state index is 13.1. The molecule has 2 aromatic rings. The molecule has 0 aromatic heterocycles. The van der Waals surface area contributed by atoms with Crippen LogP contribution in [0.1, 0.15) is 41.4 Å². The maximum Gasteiger partial charge on any atom is 0.159 e. The second-order valence-electron chi connectivity index (χ2n) is 6.46. The van der Waals surface area contributed by atoms with Crippen LogP contribution in [0.3, 0.4) is 0 Å². The largest absolute Gasteiger partial charge is 0.494 e. The van der Waals surface area contributed by atoms with Crippen LogP contribution in [-0.4, -0.2) is 37.0 Å². The van der Waals surface area contributed by atoms with Gasteiger partial charge in [-0.3, -0.25) is 9.69 Å². The molecule has 0 saturated carbocycles. The van der Waals surface area contributed by atoms with Gasteiger partial charge < -0.3 is 9.47 Å². The molecule has 138 valence electrons. The first-order chi connectivity index (χ1) is 12.6. The predicted molar refractivity (Wildman–Crippen MR) is 98.0 cm³/mol. The summed E-state index contributed by atoms with van der Waals surface area (Å²) in [6.45, 7) is 6.89. The Morgan fingerprint density at radius 3 is 2.73 bits per heavy atom. The molecular weight excluding hydrogens is 333 g/mol. The second kappa shape index (κ2) is 8.43. The minimum Gasteiger partial charge on any atom is -0.494 e. The summed E-state index contributed by atoms with van der Waals surface area (Å²) < 4.78 is 24.7. The quantitative estimate of drug-likeness (QED) is 0.733. The van der Waals surface area contributed by atoms with Crippen molar-refractivity contribution in [2.24, 2.45) is 0 Å². The predicted octanol–water partition coefficient (Wildman–Crippen LogP) is 4.00. The van der Waals surface area contributed by atoms with E-state index >= 15 is 0 Å². The highest BCUT2D eigenvalue weighted by atomic mass is 19.1. The van der Waals surface area contributed by atoms with Gasteiger partial charge in [0.1, 0.15) is 11.6 Å². The number of morpholine rings is 1. The smallest absolute Gasteiger partial charge is 0.159 e. The van der Waals surface area contributed by atoms with Crippen LogP contribution in [0.15, 0.2) is 42.5 Å². The number of carbonyl (C=O) groups excluding carboxylic acids is 1. The molecular formula is C21H24FNO3. The van der Waals surface area contributed by atoms with E-state index in [2.05, 4.69) is 4.90 Å². The molecule has 4 nitrogen and oxygen atoms in total. The summed E-state index contributed by atoms with van der Waals surface area (Å²) in [4.78, 5) is 14.0. The molecule has 3 rings (SSSR count). The number of benzene rings is 2. The average Bonchev–Trinajstić information content (AvgIpc) is 2.64. The summed E-state index contributed by atoms with van der Waals surface area (Å²) in [5.41, 5.74) is 2.66. The number of ether oxygens (including phenoxy) is 2. The fourth-order valence-electron chi connectivity index (χ4n) is 3.18. The fourth-order valence-corrected chi connectivity index (χ4v) is 3.18. The third kappa shape index (κ3) is 4.48. The first-order valence-corrected chi connectivity index (χ1v) is 8.93. The molecule has 1 aliphatic heterocycles. The number of nitrogens with zero attached hydrogens (tertiary/aromatic N) is 1. The molecule has 1 saturated heterocycles. The molecule has 0 radical (unpaired) electrons. The van der Waals surface area contributed by atoms with E-state index in [4.69, 9.17) is 9.47 Å². The Labute approximate surface area is 153 Å². The van der Waals surface area contributed by atoms with Gasteiger partial charge in [0.05, 0.1) is 19.3 Å². The van der Waals surface area contributed by atoms with Gasteiger partial charge in [-0.05, 0) is 49.7 Å². The molecule has 26 heavy (non-hydrogen) atoms. The molecule has 1 heterocycles. The molecule has 0 N–H and O–H groups in total. The Balaban J connectivity index is 1.76. The number of carbonyl (C=O) groups is 1. The van der Waals surface area contributed by atoms with Crippen LogP contribution >= 0.6 is 0 Å². The van der Waals surface area contributed by atoms with Crippen LogP contribution in [0.25, 0.3) is 0 Å². The minimum atomic E-state index is -0.246. The summed E-state index contributed by atoms with van der Waals surface area (Å²) in [5, 5.41) is 0. The number of rotatable bonds is 6. The lowest BCUT2D eigenvalue weighted by Crippen LogP contribution is -2.37. The molecule has 0 aliphatic carbocycles. The van der Waals surface area contributed by atoms with E-state index in [0.29, 0.717) is 31.9 Å². The lowest BCUT2D eigenvalue weighted by molar-refractivity contribution is -0.0331. The monoisotopic (exact) mass is 357 g/mol. The van der Waals surface area contributed by atoms with E-state index in [-0.39, 0.29) is 17.7 Å². The average molecular weight is 357 g/mol. The highest BCUT2D eigenvalue weighted by Gasteiger charge is 2.23. The van der Waals surface area contributed by atoms with Crippen molar-refractivity contribution in [3.05, 3.63) is 65.0 Å². The summed E-state index contributed by atoms with van der Waals surface area (Å²) in [6.07, 6.45) is -0.0871. The van der Waals surface area contributed by atoms with Gasteiger partial charge in [0.15, 0.2) is 5.78 Å². The minimum absolute atomic E-state index is 0.0421. The van der Waals surface area contributed by atoms with Crippen LogP contribution in [0, 0.1) is 5.82 Å². The van der Waals surface area contributed by atoms with E-state index in [9.17, 15) is 9.18 Å². The molecule has 1 atom stereocenters. The molecule has 2 aromatic carbocycles. The Morgan fingerprint density at radius 2 is 2.04 bits per heavy atom. The van der Waals surface area contributed by atoms with E-state index in [1.807, 2.05) is 19.1 Å². The van der Waals surface area contributed by atoms with Gasteiger partial charge in [0, 0.05) is 30.8 Å². The first kappa shape index (κ1) is 18.5. The van der Waals surface area contributed by atoms with Crippen molar-refractivity contribution in [1.29, 1.82) is 0 Å². The van der Waals surface area contributed by atoms with Crippen molar-refractivity contribution >= 4 is 5.78 Å². The fraction of sp³-hybridized carbons (Fsp3) is 0.381. The van der Waals surface area contributed by atoms with Gasteiger partial charge in [-0.2, -0.15) is 0 Å². The van der Waals surface area contributed by atoms with Crippen molar-refractivity contribution < 1.29 is 18.7 Å². The van der Waals surface area contributed by atoms with Crippen molar-refractivity contribution in [2.45, 2.75) is 26.5 Å². The van der Waals surface area contributed by atoms with Gasteiger partial charge in [-0.15, -0.1) is 0 Å². The number of Topliss-reactive ketones (excluding diaryl/α,β-unsaturated/α-hetero) is 1. The standard InChI is InChI=1S/C21H24FNO3/c1-3-25-20-9-6-17(15(2)24)12-18(20)13-23-10-11-26-21(14-23)16-4-7-19(22)8-5-16/h4-9,12,21H,3,10-11,13-14H2,1-2H3/t21-/m0/s1. The van der Waals surface area contributed by atoms with Crippen molar-refractivity contribution in [3.8, 4) is 5.75 Å². The maximum absolute atomic E-state index is 13.1. The first-order valence-electron chi connectivity index (χ1n) is 8.93. The normalized spacial score (nSPS) is 17.9. The number of ketones is 1. The van der Waals surface area contributed by atoms with Crippen LogP contribution in [0.5, 0.6) is 5.75 Å². The number of hydrogen-bond donors (Lipinski definition) is 0. The van der Waals surface area contributed by atoms with E-state index in [0.717, 1.165) is 23.4 Å². The molecule has 0 amide bonds. The van der Waals surface area contributed by atoms with Gasteiger partial charge in [-0.25, -0.2) is 4.39 Å². The Bertz CT molecular complexity index is 760. The van der Waals surface area contributed by atoms with Crippen LogP contribution in [-0.2, 0) is 11.3 Å². The number of hydrogen-bond acceptors (Lipinski definition) is 4. The Morgan fingerprint density at radius 1 is 1.27 bits per heavy atom. The summed E-state index contributed by atoms with van der Waals surface area (Å²) in [6, 6.07) is 12.0. The SMILES string of the molecule is CCOc1ccc(C(C)=O)cc1CN1CCO[C@H](c2ccc(F)cc2)C1. The van der Waals surface area contributed by atoms with E-state index in [1.165, 1.54) is 12.1 Å². The van der Waals surface area contributed by atoms with E-state index in [1.54, 1.807) is 25.1 Å². The van der Waals surface area contributed by atoms with Gasteiger partial charge in [-0.1, -0.05) is 12.1 Å². The second-order valence-corrected chi connectivity index (χ2v) is 6.46. The Hall–Kier alpha value is -2.24. The highest BCUT2D eigenvalue weighted by molar-refractivity contribution is 5.94. The molecule has 0 unspecified atom stereocenters. The summed E-state index contributed by atoms with van der Waals surface area (Å²) in [5.74, 6) is 0.603. The zero-order valence-electron chi connectivity index (χ0n) is 15.2. The van der Waals surface area contributed by atoms with Gasteiger partial charge in [0.25, 0.3) is 0 Å². The summed E-state index contributed by atoms with van der Waals surface area (Å²) >= 11 is 0. The highest BCUT2D eigenvalue weighted by Crippen LogP contribution is 2.27. The van der Waals surface area contributed by atoms with Crippen molar-refractivity contribution in [1.82, 2.24) is 4.90 Å². The van der Waals surface area contributed by atoms with Crippen LogP contribution < -0.4 is 4.74 Å². The van der Waals surface area contributed by atoms with Gasteiger partial charge >= 0.3 is 0 Å². The third-order valence-electron chi connectivity index (χ3n) is 4.55. The van der Waals surface area contributed by atoms with Crippen LogP contribution in [0.4, 0.5) is 4.39 Å². The molecule has 5 heteroatoms. The molecule has 1 fully saturated rings. The number of halogens is 1. The van der Waals surface area contributed by atoms with Crippen molar-refractivity contribution in [3.63, 3.8) is 0 Å². The zero-order valence-corrected chi connectivity index (χ0v) is 15.2. The summed E-state index contributed by atoms with van der Waals surface area (Å²) in [7, 11) is 0. The zero-order chi connectivity index (χ0) is 18.5. The van der Waals surface area contributed by atoms with E-state index < -0.39 is 0 Å². The molecule has 0 spiro atoms. The third-order valence-corrected chi connectivity index (χ3v) is 4.55. The lowest BCUT2D eigenvalue weighted by Gasteiger charge is -2.33. The molecule has 1 aliphatic rings. The molecule has 0 bridgehead atoms. The Kier molecular flexibility index (Phi) is 6.01. The van der Waals surface area contributed by atoms with Crippen LogP contribution in [0.2, 0.25) is 0 Å². The van der Waals surface area contributed by atoms with Crippen molar-refractivity contribution in [2.75, 3.05) is 26.3 Å². The topological polar surface area (TPSA) is 38.8 Å².